The van der Waals surface area contributed by atoms with Crippen LogP contribution in [0.2, 0.25) is 10.0 Å². The first-order valence-electron chi connectivity index (χ1n) is 7.19. The number of benzene rings is 2. The molecule has 2 aromatic carbocycles. The fourth-order valence-electron chi connectivity index (χ4n) is 1.78. The molecule has 1 amide bonds. The smallest absolute Gasteiger partial charge is 0.262 e. The topological polar surface area (TPSA) is 47.6 Å². The molecule has 0 bridgehead atoms. The maximum Gasteiger partial charge on any atom is 0.262 e. The van der Waals surface area contributed by atoms with Gasteiger partial charge < -0.3 is 14.8 Å². The second kappa shape index (κ2) is 8.65. The molecule has 0 aliphatic carbocycles. The minimum Gasteiger partial charge on any atom is -0.494 e. The Morgan fingerprint density at radius 1 is 1.04 bits per heavy atom. The lowest BCUT2D eigenvalue weighted by atomic mass is 10.3. The predicted octanol–water partition coefficient (Wildman–Crippen LogP) is 4.80. The Morgan fingerprint density at radius 3 is 2.30 bits per heavy atom. The van der Waals surface area contributed by atoms with Crippen LogP contribution in [0.1, 0.15) is 13.3 Å². The molecule has 2 rings (SSSR count). The molecule has 0 saturated carbocycles. The van der Waals surface area contributed by atoms with E-state index in [0.29, 0.717) is 28.1 Å². The van der Waals surface area contributed by atoms with Crippen molar-refractivity contribution in [2.24, 2.45) is 0 Å². The lowest BCUT2D eigenvalue weighted by molar-refractivity contribution is -0.118. The van der Waals surface area contributed by atoms with Gasteiger partial charge in [0.05, 0.1) is 17.3 Å². The molecular formula is C17H17Cl2NO3. The summed E-state index contributed by atoms with van der Waals surface area (Å²) in [7, 11) is 0. The summed E-state index contributed by atoms with van der Waals surface area (Å²) in [6.45, 7) is 2.60. The molecule has 122 valence electrons. The van der Waals surface area contributed by atoms with Crippen molar-refractivity contribution in [2.45, 2.75) is 13.3 Å². The maximum absolute atomic E-state index is 11.9. The van der Waals surface area contributed by atoms with Crippen LogP contribution in [0.5, 0.6) is 11.5 Å². The number of anilines is 1. The molecule has 0 aromatic heterocycles. The van der Waals surface area contributed by atoms with Crippen LogP contribution in [-0.2, 0) is 4.79 Å². The van der Waals surface area contributed by atoms with E-state index >= 15 is 0 Å². The Balaban J connectivity index is 1.84. The Morgan fingerprint density at radius 2 is 1.70 bits per heavy atom. The standard InChI is InChI=1S/C17H17Cl2NO3/c1-2-9-22-13-4-6-14(7-5-13)23-11-17(21)20-16-8-3-12(18)10-15(16)19/h3-8,10H,2,9,11H2,1H3,(H,20,21). The molecule has 6 heteroatoms. The van der Waals surface area contributed by atoms with Crippen molar-refractivity contribution >= 4 is 34.8 Å². The van der Waals surface area contributed by atoms with E-state index in [-0.39, 0.29) is 12.5 Å². The van der Waals surface area contributed by atoms with Crippen LogP contribution in [0, 0.1) is 0 Å². The molecule has 0 aliphatic heterocycles. The molecule has 0 saturated heterocycles. The number of nitrogens with one attached hydrogen (secondary N) is 1. The molecular weight excluding hydrogens is 337 g/mol. The van der Waals surface area contributed by atoms with Crippen molar-refractivity contribution in [3.05, 3.63) is 52.5 Å². The fraction of sp³-hybridized carbons (Fsp3) is 0.235. The minimum absolute atomic E-state index is 0.117. The zero-order valence-electron chi connectivity index (χ0n) is 12.6. The summed E-state index contributed by atoms with van der Waals surface area (Å²) in [6, 6.07) is 12.0. The van der Waals surface area contributed by atoms with Gasteiger partial charge in [0.15, 0.2) is 6.61 Å². The highest BCUT2D eigenvalue weighted by Crippen LogP contribution is 2.25. The summed E-state index contributed by atoms with van der Waals surface area (Å²) in [6.07, 6.45) is 0.950. The van der Waals surface area contributed by atoms with Crippen LogP contribution in [0.4, 0.5) is 5.69 Å². The monoisotopic (exact) mass is 353 g/mol. The highest BCUT2D eigenvalue weighted by atomic mass is 35.5. The highest BCUT2D eigenvalue weighted by Gasteiger charge is 2.07. The van der Waals surface area contributed by atoms with Crippen LogP contribution in [0.15, 0.2) is 42.5 Å². The predicted molar refractivity (Wildman–Crippen MR) is 92.8 cm³/mol. The fourth-order valence-corrected chi connectivity index (χ4v) is 2.23. The van der Waals surface area contributed by atoms with Gasteiger partial charge in [-0.3, -0.25) is 4.79 Å². The number of hydrogen-bond donors (Lipinski definition) is 1. The average molecular weight is 354 g/mol. The van der Waals surface area contributed by atoms with E-state index in [1.165, 1.54) is 0 Å². The zero-order chi connectivity index (χ0) is 16.7. The van der Waals surface area contributed by atoms with Crippen LogP contribution in [0.3, 0.4) is 0 Å². The van der Waals surface area contributed by atoms with E-state index in [2.05, 4.69) is 5.32 Å². The van der Waals surface area contributed by atoms with E-state index in [9.17, 15) is 4.79 Å². The first-order valence-corrected chi connectivity index (χ1v) is 7.94. The quantitative estimate of drug-likeness (QED) is 0.777. The first-order chi connectivity index (χ1) is 11.1. The molecule has 2 aromatic rings. The number of amides is 1. The third-order valence-corrected chi connectivity index (χ3v) is 3.42. The minimum atomic E-state index is -0.305. The molecule has 1 N–H and O–H groups in total. The molecule has 0 radical (unpaired) electrons. The van der Waals surface area contributed by atoms with E-state index < -0.39 is 0 Å². The van der Waals surface area contributed by atoms with E-state index in [0.717, 1.165) is 12.2 Å². The van der Waals surface area contributed by atoms with Crippen molar-refractivity contribution in [1.29, 1.82) is 0 Å². The van der Waals surface area contributed by atoms with Gasteiger partial charge in [0.2, 0.25) is 0 Å². The molecule has 0 unspecified atom stereocenters. The number of hydrogen-bond acceptors (Lipinski definition) is 3. The van der Waals surface area contributed by atoms with Gasteiger partial charge >= 0.3 is 0 Å². The Bertz CT molecular complexity index is 659. The SMILES string of the molecule is CCCOc1ccc(OCC(=O)Nc2ccc(Cl)cc2Cl)cc1. The lowest BCUT2D eigenvalue weighted by Crippen LogP contribution is -2.20. The number of ether oxygens (including phenoxy) is 2. The molecule has 0 heterocycles. The van der Waals surface area contributed by atoms with Crippen LogP contribution >= 0.6 is 23.2 Å². The Kier molecular flexibility index (Phi) is 6.56. The highest BCUT2D eigenvalue weighted by molar-refractivity contribution is 6.36. The Hall–Kier alpha value is -1.91. The van der Waals surface area contributed by atoms with Crippen molar-refractivity contribution < 1.29 is 14.3 Å². The summed E-state index contributed by atoms with van der Waals surface area (Å²) in [5.74, 6) is 1.06. The molecule has 0 fully saturated rings. The van der Waals surface area contributed by atoms with Crippen LogP contribution in [-0.4, -0.2) is 19.1 Å². The van der Waals surface area contributed by atoms with Gasteiger partial charge in [0.25, 0.3) is 5.91 Å². The van der Waals surface area contributed by atoms with Gasteiger partial charge in [-0.15, -0.1) is 0 Å². The second-order valence-electron chi connectivity index (χ2n) is 4.78. The van der Waals surface area contributed by atoms with Gasteiger partial charge in [-0.25, -0.2) is 0 Å². The third-order valence-electron chi connectivity index (χ3n) is 2.87. The summed E-state index contributed by atoms with van der Waals surface area (Å²) in [4.78, 5) is 11.9. The normalized spacial score (nSPS) is 10.2. The molecule has 23 heavy (non-hydrogen) atoms. The van der Waals surface area contributed by atoms with Gasteiger partial charge in [-0.05, 0) is 48.9 Å². The van der Waals surface area contributed by atoms with Crippen molar-refractivity contribution in [2.75, 3.05) is 18.5 Å². The van der Waals surface area contributed by atoms with E-state index in [4.69, 9.17) is 32.7 Å². The van der Waals surface area contributed by atoms with Crippen LogP contribution < -0.4 is 14.8 Å². The summed E-state index contributed by atoms with van der Waals surface area (Å²) >= 11 is 11.8. The molecule has 0 spiro atoms. The number of carbonyl (C=O) groups excluding carboxylic acids is 1. The van der Waals surface area contributed by atoms with Crippen molar-refractivity contribution in [1.82, 2.24) is 0 Å². The third kappa shape index (κ3) is 5.66. The lowest BCUT2D eigenvalue weighted by Gasteiger charge is -2.10. The number of rotatable bonds is 7. The second-order valence-corrected chi connectivity index (χ2v) is 5.62. The number of carbonyl (C=O) groups is 1. The molecule has 4 nitrogen and oxygen atoms in total. The maximum atomic E-state index is 11.9. The van der Waals surface area contributed by atoms with Gasteiger partial charge in [-0.1, -0.05) is 30.1 Å². The van der Waals surface area contributed by atoms with E-state index in [1.807, 2.05) is 6.92 Å². The van der Waals surface area contributed by atoms with Crippen molar-refractivity contribution in [3.63, 3.8) is 0 Å². The summed E-state index contributed by atoms with van der Waals surface area (Å²) < 4.78 is 10.9. The summed E-state index contributed by atoms with van der Waals surface area (Å²) in [5, 5.41) is 3.55. The largest absolute Gasteiger partial charge is 0.494 e. The average Bonchev–Trinajstić information content (AvgIpc) is 2.54. The summed E-state index contributed by atoms with van der Waals surface area (Å²) in [5.41, 5.74) is 0.494. The molecule has 0 aliphatic rings. The van der Waals surface area contributed by atoms with Gasteiger partial charge in [0.1, 0.15) is 11.5 Å². The van der Waals surface area contributed by atoms with Crippen LogP contribution in [0.25, 0.3) is 0 Å². The Labute approximate surface area is 145 Å². The van der Waals surface area contributed by atoms with E-state index in [1.54, 1.807) is 42.5 Å². The van der Waals surface area contributed by atoms with Crippen molar-refractivity contribution in [3.8, 4) is 11.5 Å². The van der Waals surface area contributed by atoms with Gasteiger partial charge in [-0.2, -0.15) is 0 Å². The molecule has 0 atom stereocenters. The first kappa shape index (κ1) is 17.4. The zero-order valence-corrected chi connectivity index (χ0v) is 14.2. The van der Waals surface area contributed by atoms with Gasteiger partial charge in [0, 0.05) is 5.02 Å². The number of halogens is 2.